The van der Waals surface area contributed by atoms with Crippen LogP contribution in [0.2, 0.25) is 0 Å². The lowest BCUT2D eigenvalue weighted by Gasteiger charge is -2.11. The minimum Gasteiger partial charge on any atom is -0.307 e. The Balaban J connectivity index is 2.08. The van der Waals surface area contributed by atoms with Gasteiger partial charge in [0.15, 0.2) is 0 Å². The molecule has 1 N–H and O–H groups in total. The number of benzene rings is 1. The lowest BCUT2D eigenvalue weighted by molar-refractivity contribution is 0.593. The average Bonchev–Trinajstić information content (AvgIpc) is 2.49. The molecule has 0 heterocycles. The van der Waals surface area contributed by atoms with Gasteiger partial charge in [-0.3, -0.25) is 0 Å². The van der Waals surface area contributed by atoms with Gasteiger partial charge < -0.3 is 5.32 Å². The third kappa shape index (κ3) is 2.57. The van der Waals surface area contributed by atoms with E-state index in [4.69, 9.17) is 0 Å². The van der Waals surface area contributed by atoms with Crippen LogP contribution < -0.4 is 5.32 Å². The Hall–Kier alpha value is -1.34. The van der Waals surface area contributed by atoms with Crippen LogP contribution in [-0.4, -0.2) is 12.6 Å². The van der Waals surface area contributed by atoms with Crippen molar-refractivity contribution >= 4 is 6.08 Å². The van der Waals surface area contributed by atoms with Crippen molar-refractivity contribution in [3.05, 3.63) is 54.1 Å². The van der Waals surface area contributed by atoms with Crippen molar-refractivity contribution in [1.29, 1.82) is 0 Å². The lowest BCUT2D eigenvalue weighted by Crippen LogP contribution is -2.27. The fraction of sp³-hybridized carbons (Fsp3) is 0.286. The molecule has 0 aliphatic heterocycles. The molecule has 1 nitrogen and oxygen atoms in total. The van der Waals surface area contributed by atoms with E-state index in [2.05, 4.69) is 48.3 Å². The molecule has 0 amide bonds. The van der Waals surface area contributed by atoms with Gasteiger partial charge in [0.2, 0.25) is 0 Å². The molecule has 1 unspecified atom stereocenters. The van der Waals surface area contributed by atoms with Gasteiger partial charge in [0, 0.05) is 12.6 Å². The van der Waals surface area contributed by atoms with E-state index in [1.807, 2.05) is 6.08 Å². The van der Waals surface area contributed by atoms with Crippen molar-refractivity contribution in [3.8, 4) is 0 Å². The number of hydrogen-bond donors (Lipinski definition) is 1. The smallest absolute Gasteiger partial charge is 0.0259 e. The number of nitrogens with one attached hydrogen (secondary N) is 1. The van der Waals surface area contributed by atoms with Crippen LogP contribution in [-0.2, 0) is 6.42 Å². The Morgan fingerprint density at radius 1 is 1.40 bits per heavy atom. The third-order valence-corrected chi connectivity index (χ3v) is 2.81. The molecule has 2 rings (SSSR count). The van der Waals surface area contributed by atoms with Gasteiger partial charge >= 0.3 is 0 Å². The van der Waals surface area contributed by atoms with Crippen LogP contribution in [0.4, 0.5) is 0 Å². The monoisotopic (exact) mass is 199 g/mol. The van der Waals surface area contributed by atoms with Crippen molar-refractivity contribution in [3.63, 3.8) is 0 Å². The van der Waals surface area contributed by atoms with Gasteiger partial charge in [0.1, 0.15) is 0 Å². The number of fused-ring (bicyclic) bond motifs is 1. The Morgan fingerprint density at radius 3 is 3.13 bits per heavy atom. The molecule has 0 bridgehead atoms. The summed E-state index contributed by atoms with van der Waals surface area (Å²) < 4.78 is 0. The third-order valence-electron chi connectivity index (χ3n) is 2.81. The van der Waals surface area contributed by atoms with Crippen molar-refractivity contribution in [2.24, 2.45) is 0 Å². The van der Waals surface area contributed by atoms with Crippen LogP contribution in [0.1, 0.15) is 17.5 Å². The Bertz CT molecular complexity index is 365. The molecule has 78 valence electrons. The van der Waals surface area contributed by atoms with Crippen molar-refractivity contribution in [2.45, 2.75) is 18.9 Å². The summed E-state index contributed by atoms with van der Waals surface area (Å²) in [6, 6.07) is 9.10. The highest BCUT2D eigenvalue weighted by molar-refractivity contribution is 5.55. The van der Waals surface area contributed by atoms with Crippen LogP contribution in [0.15, 0.2) is 43.0 Å². The number of aryl methyl sites for hydroxylation is 1. The fourth-order valence-corrected chi connectivity index (χ4v) is 1.96. The maximum absolute atomic E-state index is 3.72. The minimum absolute atomic E-state index is 0.482. The maximum atomic E-state index is 3.72. The van der Waals surface area contributed by atoms with Crippen LogP contribution in [0, 0.1) is 0 Å². The van der Waals surface area contributed by atoms with Gasteiger partial charge in [0.25, 0.3) is 0 Å². The Morgan fingerprint density at radius 2 is 2.27 bits per heavy atom. The fourth-order valence-electron chi connectivity index (χ4n) is 1.96. The molecule has 0 spiro atoms. The van der Waals surface area contributed by atoms with Crippen LogP contribution >= 0.6 is 0 Å². The van der Waals surface area contributed by atoms with E-state index in [0.29, 0.717) is 6.04 Å². The topological polar surface area (TPSA) is 12.0 Å². The molecule has 1 aromatic carbocycles. The first-order valence-corrected chi connectivity index (χ1v) is 5.50. The van der Waals surface area contributed by atoms with Crippen LogP contribution in [0.25, 0.3) is 6.08 Å². The van der Waals surface area contributed by atoms with Crippen molar-refractivity contribution in [1.82, 2.24) is 5.32 Å². The molecule has 1 aromatic rings. The van der Waals surface area contributed by atoms with E-state index in [1.54, 1.807) is 0 Å². The van der Waals surface area contributed by atoms with E-state index in [1.165, 1.54) is 17.5 Å². The minimum atomic E-state index is 0.482. The molecule has 1 aliphatic carbocycles. The molecule has 15 heavy (non-hydrogen) atoms. The molecular formula is C14H17N. The quantitative estimate of drug-likeness (QED) is 0.738. The zero-order valence-electron chi connectivity index (χ0n) is 8.95. The summed E-state index contributed by atoms with van der Waals surface area (Å²) >= 11 is 0. The summed E-state index contributed by atoms with van der Waals surface area (Å²) in [4.78, 5) is 0. The van der Waals surface area contributed by atoms with Gasteiger partial charge in [-0.25, -0.2) is 0 Å². The molecular weight excluding hydrogens is 182 g/mol. The first-order valence-electron chi connectivity index (χ1n) is 5.50. The zero-order valence-corrected chi connectivity index (χ0v) is 8.95. The molecule has 0 radical (unpaired) electrons. The standard InChI is InChI=1S/C14H17N/c1-2-11-15-14-9-7-12-5-3-4-6-13(12)8-10-14/h2-7,9,14-15H,1,8,10-11H2. The highest BCUT2D eigenvalue weighted by Gasteiger charge is 2.09. The summed E-state index contributed by atoms with van der Waals surface area (Å²) in [5, 5.41) is 3.44. The maximum Gasteiger partial charge on any atom is 0.0259 e. The van der Waals surface area contributed by atoms with Crippen LogP contribution in [0.3, 0.4) is 0 Å². The highest BCUT2D eigenvalue weighted by atomic mass is 14.9. The van der Waals surface area contributed by atoms with Gasteiger partial charge in [0.05, 0.1) is 0 Å². The van der Waals surface area contributed by atoms with E-state index < -0.39 is 0 Å². The number of hydrogen-bond acceptors (Lipinski definition) is 1. The molecule has 1 atom stereocenters. The second-order valence-electron chi connectivity index (χ2n) is 3.90. The predicted molar refractivity (Wildman–Crippen MR) is 65.8 cm³/mol. The molecule has 1 aliphatic rings. The second kappa shape index (κ2) is 4.94. The molecule has 0 fully saturated rings. The first kappa shape index (κ1) is 10.2. The van der Waals surface area contributed by atoms with Gasteiger partial charge in [-0.2, -0.15) is 0 Å². The van der Waals surface area contributed by atoms with Crippen molar-refractivity contribution < 1.29 is 0 Å². The van der Waals surface area contributed by atoms with Gasteiger partial charge in [-0.1, -0.05) is 42.5 Å². The van der Waals surface area contributed by atoms with Crippen LogP contribution in [0.5, 0.6) is 0 Å². The summed E-state index contributed by atoms with van der Waals surface area (Å²) in [5.74, 6) is 0. The van der Waals surface area contributed by atoms with Gasteiger partial charge in [-0.05, 0) is 24.0 Å². The molecule has 0 aromatic heterocycles. The lowest BCUT2D eigenvalue weighted by atomic mass is 10.0. The highest BCUT2D eigenvalue weighted by Crippen LogP contribution is 2.18. The summed E-state index contributed by atoms with van der Waals surface area (Å²) in [6.07, 6.45) is 8.71. The normalized spacial score (nSPS) is 19.3. The molecule has 1 heteroatoms. The summed E-state index contributed by atoms with van der Waals surface area (Å²) in [7, 11) is 0. The van der Waals surface area contributed by atoms with Crippen molar-refractivity contribution in [2.75, 3.05) is 6.54 Å². The van der Waals surface area contributed by atoms with E-state index in [0.717, 1.165) is 13.0 Å². The number of rotatable bonds is 3. The summed E-state index contributed by atoms with van der Waals surface area (Å²) in [5.41, 5.74) is 2.82. The Labute approximate surface area is 91.5 Å². The average molecular weight is 199 g/mol. The summed E-state index contributed by atoms with van der Waals surface area (Å²) in [6.45, 7) is 4.60. The largest absolute Gasteiger partial charge is 0.307 e. The second-order valence-corrected chi connectivity index (χ2v) is 3.90. The van der Waals surface area contributed by atoms with E-state index in [-0.39, 0.29) is 0 Å². The first-order chi connectivity index (χ1) is 7.40. The SMILES string of the molecule is C=CCNC1C=Cc2ccccc2CC1. The molecule has 0 saturated heterocycles. The molecule has 0 saturated carbocycles. The van der Waals surface area contributed by atoms with E-state index >= 15 is 0 Å². The Kier molecular flexibility index (Phi) is 3.36. The van der Waals surface area contributed by atoms with Gasteiger partial charge in [-0.15, -0.1) is 6.58 Å². The predicted octanol–water partition coefficient (Wildman–Crippen LogP) is 2.79. The van der Waals surface area contributed by atoms with E-state index in [9.17, 15) is 0 Å². The zero-order chi connectivity index (χ0) is 10.5.